The summed E-state index contributed by atoms with van der Waals surface area (Å²) in [6.07, 6.45) is 0. The van der Waals surface area contributed by atoms with E-state index in [1.165, 1.54) is 0 Å². The summed E-state index contributed by atoms with van der Waals surface area (Å²) in [7, 11) is 0. The molecule has 1 heterocycles. The minimum Gasteiger partial charge on any atom is -0.493 e. The topological polar surface area (TPSA) is 86.5 Å². The Morgan fingerprint density at radius 2 is 1.22 bits per heavy atom. The van der Waals surface area contributed by atoms with Gasteiger partial charge in [0.15, 0.2) is 0 Å². The highest BCUT2D eigenvalue weighted by molar-refractivity contribution is 5.74. The molecule has 0 aliphatic rings. The molecule has 0 amide bonds. The Hall–Kier alpha value is -2.51. The first kappa shape index (κ1) is 12.0. The van der Waals surface area contributed by atoms with E-state index in [0.717, 1.165) is 0 Å². The zero-order valence-electron chi connectivity index (χ0n) is 8.52. The molecule has 1 aromatic heterocycles. The highest BCUT2D eigenvalue weighted by Gasteiger charge is 2.23. The van der Waals surface area contributed by atoms with Crippen molar-refractivity contribution in [3.8, 4) is 28.9 Å². The highest BCUT2D eigenvalue weighted by Crippen LogP contribution is 2.38. The van der Waals surface area contributed by atoms with E-state index in [0.29, 0.717) is 12.1 Å². The van der Waals surface area contributed by atoms with Crippen LogP contribution in [0.5, 0.6) is 17.8 Å². The van der Waals surface area contributed by atoms with Crippen LogP contribution in [0.4, 0.5) is 13.2 Å². The van der Waals surface area contributed by atoms with Gasteiger partial charge in [0.05, 0.1) is 5.56 Å². The second kappa shape index (κ2) is 4.06. The molecule has 94 valence electrons. The number of benzene rings is 1. The summed E-state index contributed by atoms with van der Waals surface area (Å²) in [6.45, 7) is 0. The van der Waals surface area contributed by atoms with Gasteiger partial charge in [0, 0.05) is 12.1 Å². The molecule has 0 saturated carbocycles. The van der Waals surface area contributed by atoms with Crippen molar-refractivity contribution in [2.24, 2.45) is 0 Å². The molecule has 0 spiro atoms. The molecule has 8 heteroatoms. The Morgan fingerprint density at radius 3 is 1.67 bits per heavy atom. The lowest BCUT2D eigenvalue weighted by atomic mass is 10.1. The van der Waals surface area contributed by atoms with Gasteiger partial charge in [-0.2, -0.15) is 9.97 Å². The van der Waals surface area contributed by atoms with Gasteiger partial charge in [-0.05, 0) is 0 Å². The van der Waals surface area contributed by atoms with Crippen LogP contribution in [0.2, 0.25) is 0 Å². The maximum Gasteiger partial charge on any atom is 0.320 e. The zero-order chi connectivity index (χ0) is 13.4. The standard InChI is InChI=1S/C10H5F3N2O3/c11-3-1-4(12)6(5(13)2-3)7-8(16)14-10(18)15-9(7)17/h1-2H,(H3,14,15,16,17,18). The van der Waals surface area contributed by atoms with Crippen LogP contribution in [0.1, 0.15) is 0 Å². The van der Waals surface area contributed by atoms with Crippen LogP contribution >= 0.6 is 0 Å². The van der Waals surface area contributed by atoms with Crippen molar-refractivity contribution in [3.63, 3.8) is 0 Å². The monoisotopic (exact) mass is 258 g/mol. The third-order valence-corrected chi connectivity index (χ3v) is 2.12. The van der Waals surface area contributed by atoms with E-state index in [1.54, 1.807) is 0 Å². The molecule has 0 aliphatic carbocycles. The molecule has 1 aromatic carbocycles. The number of hydrogen-bond acceptors (Lipinski definition) is 5. The minimum absolute atomic E-state index is 0.365. The summed E-state index contributed by atoms with van der Waals surface area (Å²) in [5, 5.41) is 27.5. The van der Waals surface area contributed by atoms with Gasteiger partial charge in [0.25, 0.3) is 0 Å². The molecule has 0 radical (unpaired) electrons. The molecule has 0 atom stereocenters. The van der Waals surface area contributed by atoms with Crippen molar-refractivity contribution < 1.29 is 28.5 Å². The maximum atomic E-state index is 13.4. The molecule has 0 saturated heterocycles. The second-order valence-electron chi connectivity index (χ2n) is 3.29. The van der Waals surface area contributed by atoms with Crippen LogP contribution in [0.15, 0.2) is 12.1 Å². The van der Waals surface area contributed by atoms with Crippen LogP contribution < -0.4 is 0 Å². The van der Waals surface area contributed by atoms with Gasteiger partial charge in [-0.3, -0.25) is 0 Å². The molecule has 0 bridgehead atoms. The average Bonchev–Trinajstić information content (AvgIpc) is 2.20. The number of rotatable bonds is 1. The number of halogens is 3. The summed E-state index contributed by atoms with van der Waals surface area (Å²) in [5.41, 5.74) is -1.67. The fourth-order valence-electron chi connectivity index (χ4n) is 1.43. The Bertz CT molecular complexity index is 532. The predicted octanol–water partition coefficient (Wildman–Crippen LogP) is 1.68. The zero-order valence-corrected chi connectivity index (χ0v) is 8.52. The number of hydrogen-bond donors (Lipinski definition) is 3. The molecule has 0 aliphatic heterocycles. The third-order valence-electron chi connectivity index (χ3n) is 2.12. The Balaban J connectivity index is 2.78. The Kier molecular flexibility index (Phi) is 2.70. The van der Waals surface area contributed by atoms with E-state index in [1.807, 2.05) is 0 Å². The summed E-state index contributed by atoms with van der Waals surface area (Å²) in [6, 6.07) is -0.245. The van der Waals surface area contributed by atoms with E-state index < -0.39 is 46.3 Å². The third kappa shape index (κ3) is 1.88. The smallest absolute Gasteiger partial charge is 0.320 e. The predicted molar refractivity (Wildman–Crippen MR) is 52.3 cm³/mol. The van der Waals surface area contributed by atoms with Crippen LogP contribution in [0.3, 0.4) is 0 Å². The maximum absolute atomic E-state index is 13.4. The minimum atomic E-state index is -1.35. The van der Waals surface area contributed by atoms with E-state index in [4.69, 9.17) is 5.11 Å². The van der Waals surface area contributed by atoms with E-state index in [9.17, 15) is 23.4 Å². The Morgan fingerprint density at radius 1 is 0.778 bits per heavy atom. The molecule has 5 nitrogen and oxygen atoms in total. The first-order valence-electron chi connectivity index (χ1n) is 4.54. The Labute approximate surface area is 97.8 Å². The number of aromatic hydroxyl groups is 3. The lowest BCUT2D eigenvalue weighted by Crippen LogP contribution is -1.96. The van der Waals surface area contributed by atoms with Gasteiger partial charge in [-0.1, -0.05) is 0 Å². The van der Waals surface area contributed by atoms with Gasteiger partial charge in [-0.25, -0.2) is 13.2 Å². The molecular formula is C10H5F3N2O3. The summed E-state index contributed by atoms with van der Waals surface area (Å²) in [5.74, 6) is -5.94. The van der Waals surface area contributed by atoms with Crippen LogP contribution in [-0.4, -0.2) is 25.3 Å². The van der Waals surface area contributed by atoms with E-state index >= 15 is 0 Å². The molecule has 0 unspecified atom stereocenters. The van der Waals surface area contributed by atoms with Gasteiger partial charge >= 0.3 is 6.01 Å². The fraction of sp³-hybridized carbons (Fsp3) is 0. The number of aromatic nitrogens is 2. The van der Waals surface area contributed by atoms with Crippen molar-refractivity contribution in [1.82, 2.24) is 9.97 Å². The first-order valence-corrected chi connectivity index (χ1v) is 4.54. The molecule has 0 fully saturated rings. The normalized spacial score (nSPS) is 10.6. The summed E-state index contributed by atoms with van der Waals surface area (Å²) >= 11 is 0. The van der Waals surface area contributed by atoms with Crippen molar-refractivity contribution in [3.05, 3.63) is 29.6 Å². The molecule has 2 rings (SSSR count). The summed E-state index contributed by atoms with van der Waals surface area (Å²) < 4.78 is 39.6. The van der Waals surface area contributed by atoms with Gasteiger partial charge in [0.2, 0.25) is 11.8 Å². The van der Waals surface area contributed by atoms with Gasteiger partial charge in [0.1, 0.15) is 23.0 Å². The van der Waals surface area contributed by atoms with Crippen molar-refractivity contribution >= 4 is 0 Å². The van der Waals surface area contributed by atoms with Crippen LogP contribution in [0.25, 0.3) is 11.1 Å². The van der Waals surface area contributed by atoms with Gasteiger partial charge < -0.3 is 15.3 Å². The highest BCUT2D eigenvalue weighted by atomic mass is 19.1. The second-order valence-corrected chi connectivity index (χ2v) is 3.29. The first-order chi connectivity index (χ1) is 8.40. The summed E-state index contributed by atoms with van der Waals surface area (Å²) in [4.78, 5) is 6.06. The van der Waals surface area contributed by atoms with Crippen molar-refractivity contribution in [2.45, 2.75) is 0 Å². The van der Waals surface area contributed by atoms with Crippen molar-refractivity contribution in [1.29, 1.82) is 0 Å². The number of nitrogens with zero attached hydrogens (tertiary/aromatic N) is 2. The van der Waals surface area contributed by atoms with Crippen molar-refractivity contribution in [2.75, 3.05) is 0 Å². The molecular weight excluding hydrogens is 253 g/mol. The molecule has 18 heavy (non-hydrogen) atoms. The van der Waals surface area contributed by atoms with Gasteiger partial charge in [-0.15, -0.1) is 0 Å². The van der Waals surface area contributed by atoms with E-state index in [2.05, 4.69) is 9.97 Å². The largest absolute Gasteiger partial charge is 0.493 e. The average molecular weight is 258 g/mol. The lowest BCUT2D eigenvalue weighted by Gasteiger charge is -2.08. The molecule has 2 aromatic rings. The van der Waals surface area contributed by atoms with Crippen LogP contribution in [-0.2, 0) is 0 Å². The lowest BCUT2D eigenvalue weighted by molar-refractivity contribution is 0.372. The quantitative estimate of drug-likeness (QED) is 0.724. The van der Waals surface area contributed by atoms with E-state index in [-0.39, 0.29) is 0 Å². The van der Waals surface area contributed by atoms with Crippen LogP contribution in [0, 0.1) is 17.5 Å². The SMILES string of the molecule is Oc1nc(O)c(-c2c(F)cc(F)cc2F)c(O)n1. The molecule has 3 N–H and O–H groups in total. The fourth-order valence-corrected chi connectivity index (χ4v) is 1.43.